The summed E-state index contributed by atoms with van der Waals surface area (Å²) in [6.07, 6.45) is 1.10. The second-order valence-electron chi connectivity index (χ2n) is 7.63. The zero-order chi connectivity index (χ0) is 18.7. The summed E-state index contributed by atoms with van der Waals surface area (Å²) in [7, 11) is 0. The molecule has 0 saturated heterocycles. The Labute approximate surface area is 149 Å². The summed E-state index contributed by atoms with van der Waals surface area (Å²) in [5.74, 6) is -3.50. The first kappa shape index (κ1) is 17.7. The number of nitro benzene ring substituents is 1. The molecule has 3 atom stereocenters. The molecule has 2 aliphatic rings. The van der Waals surface area contributed by atoms with E-state index >= 15 is 0 Å². The summed E-state index contributed by atoms with van der Waals surface area (Å²) >= 11 is 5.77. The van der Waals surface area contributed by atoms with E-state index in [0.29, 0.717) is 12.8 Å². The van der Waals surface area contributed by atoms with Gasteiger partial charge in [-0.1, -0.05) is 32.4 Å². The number of ketones is 3. The molecule has 132 valence electrons. The first-order chi connectivity index (χ1) is 11.5. The lowest BCUT2D eigenvalue weighted by Crippen LogP contribution is -2.55. The number of Topliss-reactive ketones (excluding diaryl/α,β-unsaturated/α-hetero) is 3. The van der Waals surface area contributed by atoms with Crippen molar-refractivity contribution < 1.29 is 19.3 Å². The van der Waals surface area contributed by atoms with Crippen LogP contribution in [0.15, 0.2) is 18.2 Å². The summed E-state index contributed by atoms with van der Waals surface area (Å²) in [5, 5.41) is 11.4. The van der Waals surface area contributed by atoms with Gasteiger partial charge in [0.1, 0.15) is 5.92 Å². The average molecular weight is 364 g/mol. The minimum absolute atomic E-state index is 0.109. The fourth-order valence-electron chi connectivity index (χ4n) is 4.36. The molecule has 2 bridgehead atoms. The zero-order valence-corrected chi connectivity index (χ0v) is 14.9. The van der Waals surface area contributed by atoms with Crippen molar-refractivity contribution in [2.75, 3.05) is 0 Å². The van der Waals surface area contributed by atoms with Gasteiger partial charge < -0.3 is 0 Å². The van der Waals surface area contributed by atoms with Crippen molar-refractivity contribution in [3.8, 4) is 0 Å². The Bertz CT molecular complexity index is 831. The fraction of sp³-hybridized carbons (Fsp3) is 0.500. The van der Waals surface area contributed by atoms with E-state index < -0.39 is 50.6 Å². The fourth-order valence-corrected chi connectivity index (χ4v) is 4.52. The van der Waals surface area contributed by atoms with Crippen molar-refractivity contribution in [3.63, 3.8) is 0 Å². The predicted octanol–water partition coefficient (Wildman–Crippen LogP) is 3.64. The van der Waals surface area contributed by atoms with Crippen molar-refractivity contribution in [2.45, 2.75) is 33.6 Å². The molecule has 0 spiro atoms. The monoisotopic (exact) mass is 363 g/mol. The molecule has 1 aromatic rings. The SMILES string of the molecule is CC12CCC(C(=O)C(C(=O)c3ccc(Cl)cc3[N+](=O)[O-])C1=O)C2(C)C. The van der Waals surface area contributed by atoms with Gasteiger partial charge in [-0.3, -0.25) is 24.5 Å². The van der Waals surface area contributed by atoms with Gasteiger partial charge in [0.05, 0.1) is 10.5 Å². The second-order valence-corrected chi connectivity index (χ2v) is 8.06. The molecule has 6 nitrogen and oxygen atoms in total. The lowest BCUT2D eigenvalue weighted by Gasteiger charge is -2.46. The Balaban J connectivity index is 2.09. The third-order valence-corrected chi connectivity index (χ3v) is 6.58. The predicted molar refractivity (Wildman–Crippen MR) is 90.6 cm³/mol. The van der Waals surface area contributed by atoms with Crippen molar-refractivity contribution in [3.05, 3.63) is 38.9 Å². The van der Waals surface area contributed by atoms with E-state index in [1.54, 1.807) is 6.92 Å². The molecular formula is C18H18ClNO5. The van der Waals surface area contributed by atoms with Gasteiger partial charge in [0.25, 0.3) is 5.69 Å². The molecule has 0 heterocycles. The number of benzene rings is 1. The van der Waals surface area contributed by atoms with Crippen LogP contribution in [0.25, 0.3) is 0 Å². The number of hydrogen-bond acceptors (Lipinski definition) is 5. The minimum Gasteiger partial charge on any atom is -0.298 e. The van der Waals surface area contributed by atoms with E-state index in [2.05, 4.69) is 0 Å². The standard InChI is InChI=1S/C18H18ClNO5/c1-17(2)11-6-7-18(17,3)16(23)13(15(11)22)14(21)10-5-4-9(19)8-12(10)20(24)25/h4-5,8,11,13H,6-7H2,1-3H3. The number of fused-ring (bicyclic) bond motifs is 2. The van der Waals surface area contributed by atoms with Gasteiger partial charge in [0.2, 0.25) is 0 Å². The van der Waals surface area contributed by atoms with Crippen LogP contribution in [0.2, 0.25) is 5.02 Å². The lowest BCUT2D eigenvalue weighted by molar-refractivity contribution is -0.385. The van der Waals surface area contributed by atoms with Gasteiger partial charge >= 0.3 is 0 Å². The maximum Gasteiger partial charge on any atom is 0.281 e. The molecule has 0 amide bonds. The maximum atomic E-state index is 13.1. The van der Waals surface area contributed by atoms with Crippen molar-refractivity contribution in [1.82, 2.24) is 0 Å². The van der Waals surface area contributed by atoms with Crippen LogP contribution in [-0.2, 0) is 9.59 Å². The maximum absolute atomic E-state index is 13.1. The highest BCUT2D eigenvalue weighted by Gasteiger charge is 2.66. The van der Waals surface area contributed by atoms with Crippen LogP contribution in [0.5, 0.6) is 0 Å². The minimum atomic E-state index is -1.47. The Morgan fingerprint density at radius 1 is 1.28 bits per heavy atom. The van der Waals surface area contributed by atoms with Crippen LogP contribution < -0.4 is 0 Å². The molecule has 25 heavy (non-hydrogen) atoms. The molecule has 1 aromatic carbocycles. The summed E-state index contributed by atoms with van der Waals surface area (Å²) in [5.41, 5.74) is -2.04. The van der Waals surface area contributed by atoms with Crippen molar-refractivity contribution in [1.29, 1.82) is 0 Å². The quantitative estimate of drug-likeness (QED) is 0.353. The van der Waals surface area contributed by atoms with E-state index in [1.807, 2.05) is 13.8 Å². The van der Waals surface area contributed by atoms with E-state index in [-0.39, 0.29) is 10.6 Å². The number of halogens is 1. The van der Waals surface area contributed by atoms with Crippen LogP contribution in [0, 0.1) is 32.8 Å². The Morgan fingerprint density at radius 3 is 2.52 bits per heavy atom. The molecule has 0 N–H and O–H groups in total. The lowest BCUT2D eigenvalue weighted by atomic mass is 9.54. The second kappa shape index (κ2) is 5.46. The molecule has 2 aliphatic carbocycles. The molecule has 2 fully saturated rings. The summed E-state index contributed by atoms with van der Waals surface area (Å²) in [4.78, 5) is 49.4. The van der Waals surface area contributed by atoms with Crippen LogP contribution in [0.3, 0.4) is 0 Å². The van der Waals surface area contributed by atoms with Gasteiger partial charge in [-0.25, -0.2) is 0 Å². The van der Waals surface area contributed by atoms with Gasteiger partial charge in [-0.15, -0.1) is 0 Å². The molecule has 0 aliphatic heterocycles. The highest BCUT2D eigenvalue weighted by Crippen LogP contribution is 2.61. The highest BCUT2D eigenvalue weighted by atomic mass is 35.5. The summed E-state index contributed by atoms with van der Waals surface area (Å²) < 4.78 is 0. The average Bonchev–Trinajstić information content (AvgIpc) is 2.71. The molecule has 0 aromatic heterocycles. The van der Waals surface area contributed by atoms with E-state index in [4.69, 9.17) is 11.6 Å². The zero-order valence-electron chi connectivity index (χ0n) is 14.2. The number of carbonyl (C=O) groups is 3. The van der Waals surface area contributed by atoms with Crippen molar-refractivity contribution in [2.24, 2.45) is 22.7 Å². The van der Waals surface area contributed by atoms with Crippen LogP contribution in [0.4, 0.5) is 5.69 Å². The van der Waals surface area contributed by atoms with Crippen LogP contribution in [0.1, 0.15) is 44.0 Å². The number of carbonyl (C=O) groups excluding carboxylic acids is 3. The largest absolute Gasteiger partial charge is 0.298 e. The Morgan fingerprint density at radius 2 is 1.92 bits per heavy atom. The number of nitro groups is 1. The topological polar surface area (TPSA) is 94.3 Å². The van der Waals surface area contributed by atoms with Gasteiger partial charge in [0, 0.05) is 22.4 Å². The van der Waals surface area contributed by atoms with Crippen molar-refractivity contribution >= 4 is 34.6 Å². The molecule has 2 saturated carbocycles. The molecular weight excluding hydrogens is 346 g/mol. The van der Waals surface area contributed by atoms with Gasteiger partial charge in [-0.05, 0) is 30.4 Å². The molecule has 0 radical (unpaired) electrons. The van der Waals surface area contributed by atoms with E-state index in [1.165, 1.54) is 12.1 Å². The normalized spacial score (nSPS) is 30.4. The Kier molecular flexibility index (Phi) is 3.87. The Hall–Kier alpha value is -2.08. The summed E-state index contributed by atoms with van der Waals surface area (Å²) in [6, 6.07) is 3.62. The molecule has 3 unspecified atom stereocenters. The first-order valence-electron chi connectivity index (χ1n) is 8.08. The van der Waals surface area contributed by atoms with Crippen LogP contribution in [-0.4, -0.2) is 22.3 Å². The number of hydrogen-bond donors (Lipinski definition) is 0. The van der Waals surface area contributed by atoms with Gasteiger partial charge in [0.15, 0.2) is 17.3 Å². The summed E-state index contributed by atoms with van der Waals surface area (Å²) in [6.45, 7) is 5.55. The van der Waals surface area contributed by atoms with Crippen LogP contribution >= 0.6 is 11.6 Å². The highest BCUT2D eigenvalue weighted by molar-refractivity contribution is 6.32. The number of nitrogens with zero attached hydrogens (tertiary/aromatic N) is 1. The molecule has 3 rings (SSSR count). The third kappa shape index (κ3) is 2.27. The van der Waals surface area contributed by atoms with Gasteiger partial charge in [-0.2, -0.15) is 0 Å². The first-order valence-corrected chi connectivity index (χ1v) is 8.46. The molecule has 7 heteroatoms. The number of rotatable bonds is 3. The smallest absolute Gasteiger partial charge is 0.281 e. The van der Waals surface area contributed by atoms with E-state index in [9.17, 15) is 24.5 Å². The third-order valence-electron chi connectivity index (χ3n) is 6.34. The van der Waals surface area contributed by atoms with E-state index in [0.717, 1.165) is 6.07 Å².